The van der Waals surface area contributed by atoms with Crippen molar-refractivity contribution in [1.82, 2.24) is 5.01 Å². The van der Waals surface area contributed by atoms with E-state index in [1.807, 2.05) is 0 Å². The van der Waals surface area contributed by atoms with E-state index in [0.29, 0.717) is 12.0 Å². The zero-order valence-electron chi connectivity index (χ0n) is 15.2. The van der Waals surface area contributed by atoms with Crippen molar-refractivity contribution >= 4 is 5.71 Å². The lowest BCUT2D eigenvalue weighted by atomic mass is 9.91. The minimum absolute atomic E-state index is 0.474. The summed E-state index contributed by atoms with van der Waals surface area (Å²) in [6.07, 6.45) is 7.26. The number of hydrazone groups is 1. The lowest BCUT2D eigenvalue weighted by molar-refractivity contribution is 0.227. The molecule has 0 saturated heterocycles. The van der Waals surface area contributed by atoms with Crippen LogP contribution in [0.2, 0.25) is 0 Å². The van der Waals surface area contributed by atoms with E-state index in [0.717, 1.165) is 25.8 Å². The molecule has 1 heterocycles. The normalized spacial score (nSPS) is 20.0. The van der Waals surface area contributed by atoms with Crippen molar-refractivity contribution in [1.29, 1.82) is 0 Å². The number of rotatable bonds is 6. The molecule has 2 aliphatic rings. The van der Waals surface area contributed by atoms with Crippen LogP contribution in [0, 0.1) is 0 Å². The van der Waals surface area contributed by atoms with Gasteiger partial charge in [0.05, 0.1) is 6.04 Å². The number of benzene rings is 2. The van der Waals surface area contributed by atoms with Crippen LogP contribution in [-0.2, 0) is 12.8 Å². The maximum absolute atomic E-state index is 5.13. The number of nitrogens with zero attached hydrogens (tertiary/aromatic N) is 2. The van der Waals surface area contributed by atoms with Gasteiger partial charge in [0.1, 0.15) is 0 Å². The molecule has 0 saturated carbocycles. The van der Waals surface area contributed by atoms with Crippen molar-refractivity contribution in [2.24, 2.45) is 5.10 Å². The number of hydrogen-bond donors (Lipinski definition) is 0. The zero-order valence-corrected chi connectivity index (χ0v) is 15.2. The third-order valence-electron chi connectivity index (χ3n) is 5.72. The second kappa shape index (κ2) is 7.43. The van der Waals surface area contributed by atoms with E-state index in [-0.39, 0.29) is 0 Å². The molecule has 1 unspecified atom stereocenters. The number of fused-ring (bicyclic) bond motifs is 1. The molecule has 0 amide bonds. The van der Waals surface area contributed by atoms with Crippen molar-refractivity contribution in [3.63, 3.8) is 0 Å². The first-order valence-electron chi connectivity index (χ1n) is 9.81. The van der Waals surface area contributed by atoms with E-state index in [1.54, 1.807) is 0 Å². The van der Waals surface area contributed by atoms with Crippen LogP contribution in [0.5, 0.6) is 0 Å². The maximum Gasteiger partial charge on any atom is 0.0551 e. The molecule has 0 bridgehead atoms. The average molecular weight is 332 g/mol. The molecular weight excluding hydrogens is 304 g/mol. The Balaban J connectivity index is 1.52. The fourth-order valence-corrected chi connectivity index (χ4v) is 4.31. The quantitative estimate of drug-likeness (QED) is 0.665. The summed E-state index contributed by atoms with van der Waals surface area (Å²) < 4.78 is 0. The third-order valence-corrected chi connectivity index (χ3v) is 5.72. The van der Waals surface area contributed by atoms with Crippen LogP contribution in [0.15, 0.2) is 59.7 Å². The Morgan fingerprint density at radius 2 is 1.60 bits per heavy atom. The summed E-state index contributed by atoms with van der Waals surface area (Å²) in [6, 6.07) is 20.4. The summed E-state index contributed by atoms with van der Waals surface area (Å²) in [5.74, 6) is 0.474. The Hall–Kier alpha value is -2.09. The molecule has 4 rings (SSSR count). The molecule has 0 fully saturated rings. The second-order valence-electron chi connectivity index (χ2n) is 7.46. The molecule has 0 aromatic heterocycles. The van der Waals surface area contributed by atoms with Gasteiger partial charge in [0, 0.05) is 18.2 Å². The molecule has 0 N–H and O–H groups in total. The van der Waals surface area contributed by atoms with Crippen molar-refractivity contribution in [3.8, 4) is 0 Å². The first-order valence-corrected chi connectivity index (χ1v) is 9.81. The van der Waals surface area contributed by atoms with Gasteiger partial charge in [-0.3, -0.25) is 5.01 Å². The van der Waals surface area contributed by atoms with Crippen LogP contribution in [0.4, 0.5) is 0 Å². The van der Waals surface area contributed by atoms with Crippen LogP contribution in [0.25, 0.3) is 0 Å². The van der Waals surface area contributed by atoms with Gasteiger partial charge in [0.25, 0.3) is 0 Å². The number of hydrogen-bond acceptors (Lipinski definition) is 2. The average Bonchev–Trinajstić information content (AvgIpc) is 3.27. The van der Waals surface area contributed by atoms with Gasteiger partial charge in [-0.2, -0.15) is 5.10 Å². The van der Waals surface area contributed by atoms with Crippen molar-refractivity contribution in [2.45, 2.75) is 57.4 Å². The summed E-state index contributed by atoms with van der Waals surface area (Å²) >= 11 is 0. The molecule has 2 aromatic rings. The molecule has 2 aromatic carbocycles. The van der Waals surface area contributed by atoms with E-state index < -0.39 is 0 Å². The second-order valence-corrected chi connectivity index (χ2v) is 7.46. The molecule has 25 heavy (non-hydrogen) atoms. The lowest BCUT2D eigenvalue weighted by Crippen LogP contribution is -2.31. The predicted molar refractivity (Wildman–Crippen MR) is 105 cm³/mol. The van der Waals surface area contributed by atoms with Gasteiger partial charge >= 0.3 is 0 Å². The van der Waals surface area contributed by atoms with E-state index in [9.17, 15) is 0 Å². The monoisotopic (exact) mass is 332 g/mol. The largest absolute Gasteiger partial charge is 0.292 e. The fourth-order valence-electron chi connectivity index (χ4n) is 4.31. The highest BCUT2D eigenvalue weighted by atomic mass is 15.5. The summed E-state index contributed by atoms with van der Waals surface area (Å²) in [5, 5.41) is 7.53. The Labute approximate surface area is 151 Å². The van der Waals surface area contributed by atoms with Gasteiger partial charge in [0.15, 0.2) is 0 Å². The Kier molecular flexibility index (Phi) is 4.87. The molecule has 1 aliphatic heterocycles. The summed E-state index contributed by atoms with van der Waals surface area (Å²) in [6.45, 7) is 3.32. The van der Waals surface area contributed by atoms with Crippen molar-refractivity contribution in [2.75, 3.05) is 6.54 Å². The van der Waals surface area contributed by atoms with Gasteiger partial charge < -0.3 is 0 Å². The highest BCUT2D eigenvalue weighted by Gasteiger charge is 2.34. The van der Waals surface area contributed by atoms with Crippen LogP contribution >= 0.6 is 0 Å². The van der Waals surface area contributed by atoms with E-state index in [2.05, 4.69) is 66.5 Å². The first-order chi connectivity index (χ1) is 12.3. The SMILES string of the molecule is CCCCCC1=NN(C2Cc3ccccc3C2)CC1c1ccccc1. The van der Waals surface area contributed by atoms with Gasteiger partial charge in [0.2, 0.25) is 0 Å². The van der Waals surface area contributed by atoms with Crippen molar-refractivity contribution in [3.05, 3.63) is 71.3 Å². The first kappa shape index (κ1) is 16.4. The molecule has 0 radical (unpaired) electrons. The van der Waals surface area contributed by atoms with Gasteiger partial charge in [-0.25, -0.2) is 0 Å². The minimum atomic E-state index is 0.474. The molecule has 0 spiro atoms. The molecule has 1 aliphatic carbocycles. The Morgan fingerprint density at radius 1 is 0.920 bits per heavy atom. The predicted octanol–water partition coefficient (Wildman–Crippen LogP) is 5.19. The maximum atomic E-state index is 5.13. The topological polar surface area (TPSA) is 15.6 Å². The molecular formula is C23H28N2. The lowest BCUT2D eigenvalue weighted by Gasteiger charge is -2.23. The van der Waals surface area contributed by atoms with Crippen LogP contribution in [0.3, 0.4) is 0 Å². The highest BCUT2D eigenvalue weighted by molar-refractivity contribution is 5.92. The van der Waals surface area contributed by atoms with E-state index in [4.69, 9.17) is 5.10 Å². The summed E-state index contributed by atoms with van der Waals surface area (Å²) in [4.78, 5) is 0. The van der Waals surface area contributed by atoms with Gasteiger partial charge in [-0.05, 0) is 42.4 Å². The molecule has 1 atom stereocenters. The summed E-state index contributed by atoms with van der Waals surface area (Å²) in [5.41, 5.74) is 5.85. The number of unbranched alkanes of at least 4 members (excludes halogenated alkanes) is 2. The van der Waals surface area contributed by atoms with E-state index >= 15 is 0 Å². The molecule has 2 heteroatoms. The fraction of sp³-hybridized carbons (Fsp3) is 0.435. The molecule has 130 valence electrons. The van der Waals surface area contributed by atoms with Crippen LogP contribution in [-0.4, -0.2) is 23.3 Å². The zero-order chi connectivity index (χ0) is 17.1. The molecule has 2 nitrogen and oxygen atoms in total. The van der Waals surface area contributed by atoms with Gasteiger partial charge in [-0.1, -0.05) is 74.4 Å². The Bertz CT molecular complexity index is 710. The van der Waals surface area contributed by atoms with E-state index in [1.165, 1.54) is 41.7 Å². The standard InChI is InChI=1S/C23H28N2/c1-2-3-5-14-23-22(18-10-6-4-7-11-18)17-25(24-23)21-15-19-12-8-9-13-20(19)16-21/h4,6-13,21-22H,2-3,5,14-17H2,1H3. The highest BCUT2D eigenvalue weighted by Crippen LogP contribution is 2.33. The van der Waals surface area contributed by atoms with Gasteiger partial charge in [-0.15, -0.1) is 0 Å². The Morgan fingerprint density at radius 3 is 2.28 bits per heavy atom. The third kappa shape index (κ3) is 3.49. The van der Waals surface area contributed by atoms with Crippen molar-refractivity contribution < 1.29 is 0 Å². The summed E-state index contributed by atoms with van der Waals surface area (Å²) in [7, 11) is 0. The smallest absolute Gasteiger partial charge is 0.0551 e. The minimum Gasteiger partial charge on any atom is -0.292 e. The van der Waals surface area contributed by atoms with Crippen LogP contribution in [0.1, 0.15) is 55.2 Å². The van der Waals surface area contributed by atoms with Crippen LogP contribution < -0.4 is 0 Å².